The van der Waals surface area contributed by atoms with Crippen molar-refractivity contribution in [2.45, 2.75) is 0 Å². The minimum absolute atomic E-state index is 0.0103. The van der Waals surface area contributed by atoms with Gasteiger partial charge in [0.05, 0.1) is 25.3 Å². The minimum Gasteiger partial charge on any atom is -0.482 e. The first-order chi connectivity index (χ1) is 13.3. The van der Waals surface area contributed by atoms with Crippen LogP contribution in [-0.4, -0.2) is 44.6 Å². The largest absolute Gasteiger partial charge is 0.482 e. The van der Waals surface area contributed by atoms with Crippen LogP contribution >= 0.6 is 0 Å². The minimum atomic E-state index is -0.781. The van der Waals surface area contributed by atoms with E-state index >= 15 is 0 Å². The zero-order chi connectivity index (χ0) is 20.7. The van der Waals surface area contributed by atoms with E-state index in [1.165, 1.54) is 56.7 Å². The van der Waals surface area contributed by atoms with Crippen LogP contribution in [0.25, 0.3) is 0 Å². The highest BCUT2D eigenvalue weighted by molar-refractivity contribution is 5.96. The number of benzene rings is 2. The summed E-state index contributed by atoms with van der Waals surface area (Å²) in [7, 11) is 2.35. The Morgan fingerprint density at radius 3 is 1.79 bits per heavy atom. The molecule has 0 aromatic heterocycles. The van der Waals surface area contributed by atoms with Crippen molar-refractivity contribution in [1.82, 2.24) is 0 Å². The summed E-state index contributed by atoms with van der Waals surface area (Å²) in [4.78, 5) is 46.5. The molecular formula is C19H17NO8. The van der Waals surface area contributed by atoms with Crippen LogP contribution in [0.5, 0.6) is 11.5 Å². The molecule has 2 aromatic carbocycles. The number of ether oxygens (including phenoxy) is 4. The second kappa shape index (κ2) is 9.17. The van der Waals surface area contributed by atoms with E-state index in [0.717, 1.165) is 0 Å². The maximum atomic E-state index is 12.0. The predicted octanol–water partition coefficient (Wildman–Crippen LogP) is 1.34. The smallest absolute Gasteiger partial charge is 0.349 e. The van der Waals surface area contributed by atoms with Gasteiger partial charge in [-0.1, -0.05) is 0 Å². The number of hydrogen-bond acceptors (Lipinski definition) is 8. The van der Waals surface area contributed by atoms with Gasteiger partial charge in [-0.3, -0.25) is 4.79 Å². The zero-order valence-corrected chi connectivity index (χ0v) is 15.1. The third-order valence-corrected chi connectivity index (χ3v) is 3.48. The first-order valence-corrected chi connectivity index (χ1v) is 7.89. The monoisotopic (exact) mass is 387 g/mol. The summed E-state index contributed by atoms with van der Waals surface area (Å²) in [6.07, 6.45) is 0. The molecule has 0 heterocycles. The van der Waals surface area contributed by atoms with Gasteiger partial charge in [0.15, 0.2) is 6.61 Å². The van der Waals surface area contributed by atoms with Gasteiger partial charge >= 0.3 is 17.9 Å². The lowest BCUT2D eigenvalue weighted by Gasteiger charge is -2.10. The van der Waals surface area contributed by atoms with Crippen LogP contribution in [0.1, 0.15) is 31.1 Å². The van der Waals surface area contributed by atoms with Gasteiger partial charge in [0.1, 0.15) is 11.5 Å². The van der Waals surface area contributed by atoms with Crippen molar-refractivity contribution in [2.24, 2.45) is 5.73 Å². The molecule has 0 unspecified atom stereocenters. The van der Waals surface area contributed by atoms with Crippen molar-refractivity contribution in [3.05, 3.63) is 59.2 Å². The molecule has 2 N–H and O–H groups in total. The number of amides is 1. The Hall–Kier alpha value is -3.88. The predicted molar refractivity (Wildman–Crippen MR) is 95.2 cm³/mol. The van der Waals surface area contributed by atoms with Gasteiger partial charge in [-0.2, -0.15) is 0 Å². The lowest BCUT2D eigenvalue weighted by Crippen LogP contribution is -2.18. The molecule has 0 radical (unpaired) electrons. The lowest BCUT2D eigenvalue weighted by molar-refractivity contribution is -0.136. The number of rotatable bonds is 7. The van der Waals surface area contributed by atoms with Crippen molar-refractivity contribution in [3.63, 3.8) is 0 Å². The van der Waals surface area contributed by atoms with E-state index in [9.17, 15) is 19.2 Å². The topological polar surface area (TPSA) is 131 Å². The molecule has 0 fully saturated rings. The average Bonchev–Trinajstić information content (AvgIpc) is 2.70. The lowest BCUT2D eigenvalue weighted by atomic mass is 10.1. The number of carbonyl (C=O) groups excluding carboxylic acids is 4. The molecule has 1 amide bonds. The molecule has 146 valence electrons. The van der Waals surface area contributed by atoms with Crippen LogP contribution in [0.2, 0.25) is 0 Å². The summed E-state index contributed by atoms with van der Waals surface area (Å²) in [5, 5.41) is 0. The van der Waals surface area contributed by atoms with Crippen LogP contribution in [0.4, 0.5) is 0 Å². The van der Waals surface area contributed by atoms with Gasteiger partial charge < -0.3 is 24.7 Å². The molecule has 28 heavy (non-hydrogen) atoms. The Bertz CT molecular complexity index is 870. The fourth-order valence-corrected chi connectivity index (χ4v) is 2.15. The average molecular weight is 387 g/mol. The van der Waals surface area contributed by atoms with Crippen LogP contribution in [-0.2, 0) is 14.3 Å². The molecular weight excluding hydrogens is 370 g/mol. The highest BCUT2D eigenvalue weighted by Gasteiger charge is 2.16. The number of esters is 3. The number of nitrogens with two attached hydrogens (primary N) is 1. The molecule has 0 atom stereocenters. The molecule has 9 nitrogen and oxygen atoms in total. The molecule has 0 bridgehead atoms. The summed E-state index contributed by atoms with van der Waals surface area (Å²) in [6, 6.07) is 9.60. The van der Waals surface area contributed by atoms with Crippen LogP contribution in [0, 0.1) is 0 Å². The summed E-state index contributed by atoms with van der Waals surface area (Å²) < 4.78 is 19.6. The van der Waals surface area contributed by atoms with Gasteiger partial charge in [-0.25, -0.2) is 14.4 Å². The Labute approximate surface area is 159 Å². The number of hydrogen-bond donors (Lipinski definition) is 1. The molecule has 9 heteroatoms. The Balaban J connectivity index is 2.08. The maximum Gasteiger partial charge on any atom is 0.349 e. The molecule has 0 saturated heterocycles. The Morgan fingerprint density at radius 1 is 0.786 bits per heavy atom. The highest BCUT2D eigenvalue weighted by Crippen LogP contribution is 2.20. The summed E-state index contributed by atoms with van der Waals surface area (Å²) >= 11 is 0. The van der Waals surface area contributed by atoms with Crippen LogP contribution in [0.15, 0.2) is 42.5 Å². The SMILES string of the molecule is COC(=O)c1cc(OC(=O)COc2ccc(C(N)=O)cc2)cc(C(=O)OC)c1. The van der Waals surface area contributed by atoms with Crippen molar-refractivity contribution in [1.29, 1.82) is 0 Å². The van der Waals surface area contributed by atoms with Gasteiger partial charge in [0.2, 0.25) is 5.91 Å². The fraction of sp³-hybridized carbons (Fsp3) is 0.158. The molecule has 0 spiro atoms. The van der Waals surface area contributed by atoms with Gasteiger partial charge in [-0.05, 0) is 42.5 Å². The molecule has 0 aliphatic rings. The van der Waals surface area contributed by atoms with Gasteiger partial charge in [-0.15, -0.1) is 0 Å². The van der Waals surface area contributed by atoms with E-state index in [4.69, 9.17) is 15.2 Å². The van der Waals surface area contributed by atoms with Crippen molar-refractivity contribution < 1.29 is 38.1 Å². The Kier molecular flexibility index (Phi) is 6.69. The standard InChI is InChI=1S/C19H17NO8/c1-25-18(23)12-7-13(19(24)26-2)9-15(8-12)28-16(21)10-27-14-5-3-11(4-6-14)17(20)22/h3-9H,10H2,1-2H3,(H2,20,22). The summed E-state index contributed by atoms with van der Waals surface area (Å²) in [6.45, 7) is -0.452. The number of primary amides is 1. The molecule has 0 aliphatic carbocycles. The van der Waals surface area contributed by atoms with Crippen LogP contribution < -0.4 is 15.2 Å². The first kappa shape index (κ1) is 20.4. The number of carbonyl (C=O) groups is 4. The van der Waals surface area contributed by atoms with Gasteiger partial charge in [0.25, 0.3) is 0 Å². The maximum absolute atomic E-state index is 12.0. The number of methoxy groups -OCH3 is 2. The molecule has 2 rings (SSSR count). The van der Waals surface area contributed by atoms with E-state index in [0.29, 0.717) is 11.3 Å². The Morgan fingerprint density at radius 2 is 1.32 bits per heavy atom. The fourth-order valence-electron chi connectivity index (χ4n) is 2.15. The van der Waals surface area contributed by atoms with E-state index in [-0.39, 0.29) is 16.9 Å². The van der Waals surface area contributed by atoms with Crippen molar-refractivity contribution in [2.75, 3.05) is 20.8 Å². The van der Waals surface area contributed by atoms with Crippen LogP contribution in [0.3, 0.4) is 0 Å². The van der Waals surface area contributed by atoms with E-state index in [2.05, 4.69) is 9.47 Å². The third kappa shape index (κ3) is 5.31. The second-order valence-electron chi connectivity index (χ2n) is 5.38. The van der Waals surface area contributed by atoms with Crippen molar-refractivity contribution in [3.8, 4) is 11.5 Å². The van der Waals surface area contributed by atoms with E-state index < -0.39 is 30.4 Å². The van der Waals surface area contributed by atoms with E-state index in [1.807, 2.05) is 0 Å². The van der Waals surface area contributed by atoms with E-state index in [1.54, 1.807) is 0 Å². The molecule has 0 saturated carbocycles. The zero-order valence-electron chi connectivity index (χ0n) is 15.1. The normalized spacial score (nSPS) is 9.93. The quantitative estimate of drug-likeness (QED) is 0.556. The highest BCUT2D eigenvalue weighted by atomic mass is 16.6. The molecule has 0 aliphatic heterocycles. The molecule has 2 aromatic rings. The van der Waals surface area contributed by atoms with Gasteiger partial charge in [0, 0.05) is 5.56 Å². The summed E-state index contributed by atoms with van der Waals surface area (Å²) in [5.74, 6) is -2.53. The summed E-state index contributed by atoms with van der Waals surface area (Å²) in [5.41, 5.74) is 5.46. The third-order valence-electron chi connectivity index (χ3n) is 3.48. The second-order valence-corrected chi connectivity index (χ2v) is 5.38. The van der Waals surface area contributed by atoms with Crippen molar-refractivity contribution >= 4 is 23.8 Å². The first-order valence-electron chi connectivity index (χ1n) is 7.89.